The predicted octanol–water partition coefficient (Wildman–Crippen LogP) is 0.937. The van der Waals surface area contributed by atoms with Gasteiger partial charge in [-0.2, -0.15) is 4.57 Å². The maximum Gasteiger partial charge on any atom is 0.449 e. The number of halogens is 2. The molecule has 0 fully saturated rings. The van der Waals surface area contributed by atoms with Crippen molar-refractivity contribution in [3.8, 4) is 5.69 Å². The topological polar surface area (TPSA) is 74.2 Å². The highest BCUT2D eigenvalue weighted by Crippen LogP contribution is 2.23. The molecular weight excluding hydrogens is 271 g/mol. The van der Waals surface area contributed by atoms with Crippen LogP contribution in [-0.2, 0) is 4.79 Å². The predicted molar refractivity (Wildman–Crippen MR) is 60.7 cm³/mol. The fraction of sp³-hybridized carbons (Fsp3) is 0. The van der Waals surface area contributed by atoms with Gasteiger partial charge in [-0.3, -0.25) is 4.79 Å². The van der Waals surface area contributed by atoms with Gasteiger partial charge in [0, 0.05) is 0 Å². The van der Waals surface area contributed by atoms with Gasteiger partial charge in [0.05, 0.1) is 15.7 Å². The summed E-state index contributed by atoms with van der Waals surface area (Å²) in [5, 5.41) is 0.484. The van der Waals surface area contributed by atoms with Crippen molar-refractivity contribution in [2.75, 3.05) is 0 Å². The number of hydrogen-bond acceptors (Lipinski definition) is 4. The lowest BCUT2D eigenvalue weighted by Crippen LogP contribution is -2.27. The molecule has 0 N–H and O–H groups in total. The van der Waals surface area contributed by atoms with Gasteiger partial charge in [-0.05, 0) is 18.2 Å². The summed E-state index contributed by atoms with van der Waals surface area (Å²) < 4.78 is 5.54. The Balaban J connectivity index is 2.69. The molecule has 88 valence electrons. The second kappa shape index (κ2) is 4.23. The van der Waals surface area contributed by atoms with Crippen molar-refractivity contribution in [3.63, 3.8) is 0 Å². The van der Waals surface area contributed by atoms with Crippen molar-refractivity contribution in [1.82, 2.24) is 9.31 Å². The summed E-state index contributed by atoms with van der Waals surface area (Å²) in [4.78, 5) is 33.1. The number of carbonyl (C=O) groups excluding carboxylic acids is 1. The van der Waals surface area contributed by atoms with Crippen LogP contribution in [0.3, 0.4) is 0 Å². The Labute approximate surface area is 104 Å². The maximum absolute atomic E-state index is 11.5. The number of aromatic nitrogens is 2. The number of rotatable bonds is 2. The smallest absolute Gasteiger partial charge is 0.311 e. The van der Waals surface area contributed by atoms with E-state index in [1.165, 1.54) is 18.2 Å². The lowest BCUT2D eigenvalue weighted by Gasteiger charge is -1.99. The Morgan fingerprint density at radius 2 is 1.88 bits per heavy atom. The molecule has 17 heavy (non-hydrogen) atoms. The summed E-state index contributed by atoms with van der Waals surface area (Å²) in [6, 6.07) is 4.20. The van der Waals surface area contributed by atoms with Crippen molar-refractivity contribution < 1.29 is 9.32 Å². The van der Waals surface area contributed by atoms with Crippen LogP contribution in [0.25, 0.3) is 5.69 Å². The van der Waals surface area contributed by atoms with Gasteiger partial charge in [-0.1, -0.05) is 23.2 Å². The van der Waals surface area contributed by atoms with E-state index < -0.39 is 11.4 Å². The third kappa shape index (κ3) is 1.92. The third-order valence-corrected chi connectivity index (χ3v) is 2.73. The van der Waals surface area contributed by atoms with Crippen LogP contribution in [0.4, 0.5) is 0 Å². The first-order valence-corrected chi connectivity index (χ1v) is 5.06. The summed E-state index contributed by atoms with van der Waals surface area (Å²) in [7, 11) is 0. The fourth-order valence-electron chi connectivity index (χ4n) is 1.20. The number of nitrogens with zero attached hydrogens (tertiary/aromatic N) is 2. The van der Waals surface area contributed by atoms with Crippen LogP contribution in [0.5, 0.6) is 0 Å². The molecule has 0 unspecified atom stereocenters. The second-order valence-electron chi connectivity index (χ2n) is 3.01. The summed E-state index contributed by atoms with van der Waals surface area (Å²) in [6.07, 6.45) is 0.0716. The molecule has 6 nitrogen and oxygen atoms in total. The van der Waals surface area contributed by atoms with E-state index in [1.54, 1.807) is 0 Å². The van der Waals surface area contributed by atoms with Gasteiger partial charge in [0.1, 0.15) is 0 Å². The Morgan fingerprint density at radius 1 is 1.18 bits per heavy atom. The normalized spacial score (nSPS) is 10.5. The lowest BCUT2D eigenvalue weighted by atomic mass is 10.3. The molecule has 1 aromatic heterocycles. The summed E-state index contributed by atoms with van der Waals surface area (Å²) in [5.41, 5.74) is -0.717. The molecule has 0 saturated carbocycles. The molecule has 0 atom stereocenters. The molecule has 0 spiro atoms. The Hall–Kier alpha value is -1.79. The Morgan fingerprint density at radius 3 is 2.41 bits per heavy atom. The molecule has 2 aromatic rings. The van der Waals surface area contributed by atoms with E-state index in [1.807, 2.05) is 0 Å². The molecule has 8 heteroatoms. The average Bonchev–Trinajstić information content (AvgIpc) is 2.58. The van der Waals surface area contributed by atoms with E-state index in [-0.39, 0.29) is 17.1 Å². The van der Waals surface area contributed by atoms with Crippen LogP contribution in [0, 0.1) is 0 Å². The molecule has 0 aliphatic carbocycles. The molecule has 0 amide bonds. The van der Waals surface area contributed by atoms with E-state index in [9.17, 15) is 14.4 Å². The zero-order chi connectivity index (χ0) is 12.6. The van der Waals surface area contributed by atoms with E-state index in [4.69, 9.17) is 23.2 Å². The fourth-order valence-corrected chi connectivity index (χ4v) is 1.49. The zero-order valence-corrected chi connectivity index (χ0v) is 9.60. The van der Waals surface area contributed by atoms with E-state index in [0.29, 0.717) is 14.3 Å². The van der Waals surface area contributed by atoms with Crippen LogP contribution in [0.15, 0.2) is 32.3 Å². The van der Waals surface area contributed by atoms with E-state index in [0.717, 1.165) is 0 Å². The molecule has 0 radical (unpaired) electrons. The van der Waals surface area contributed by atoms with Crippen molar-refractivity contribution in [2.24, 2.45) is 0 Å². The highest BCUT2D eigenvalue weighted by atomic mass is 35.5. The van der Waals surface area contributed by atoms with Crippen LogP contribution >= 0.6 is 23.2 Å². The highest BCUT2D eigenvalue weighted by Gasteiger charge is 2.13. The standard InChI is InChI=1S/C9H4Cl2N2O4/c10-6-2-1-5(3-7(6)11)13-8(15)12(4-14)9(16)17-13/h1-4H. The molecule has 0 bridgehead atoms. The van der Waals surface area contributed by atoms with E-state index >= 15 is 0 Å². The van der Waals surface area contributed by atoms with Gasteiger partial charge >= 0.3 is 11.4 Å². The minimum Gasteiger partial charge on any atom is -0.311 e. The van der Waals surface area contributed by atoms with Crippen LogP contribution < -0.4 is 11.4 Å². The summed E-state index contributed by atoms with van der Waals surface area (Å²) in [6.45, 7) is 0. The van der Waals surface area contributed by atoms with Gasteiger partial charge < -0.3 is 4.52 Å². The molecule has 1 aromatic carbocycles. The first kappa shape index (κ1) is 11.7. The van der Waals surface area contributed by atoms with Gasteiger partial charge in [-0.25, -0.2) is 9.59 Å². The molecule has 2 rings (SSSR count). The number of carbonyl (C=O) groups is 1. The second-order valence-corrected chi connectivity index (χ2v) is 3.82. The SMILES string of the molecule is O=Cn1c(=O)on(-c2ccc(Cl)c(Cl)c2)c1=O. The van der Waals surface area contributed by atoms with Crippen molar-refractivity contribution in [1.29, 1.82) is 0 Å². The quantitative estimate of drug-likeness (QED) is 0.764. The number of benzene rings is 1. The monoisotopic (exact) mass is 274 g/mol. The summed E-state index contributed by atoms with van der Waals surface area (Å²) >= 11 is 11.5. The van der Waals surface area contributed by atoms with Crippen molar-refractivity contribution >= 4 is 29.6 Å². The maximum atomic E-state index is 11.5. The molecular formula is C9H4Cl2N2O4. The first-order chi connectivity index (χ1) is 8.04. The van der Waals surface area contributed by atoms with Crippen molar-refractivity contribution in [2.45, 2.75) is 0 Å². The third-order valence-electron chi connectivity index (χ3n) is 1.99. The first-order valence-electron chi connectivity index (χ1n) is 4.30. The molecule has 0 saturated heterocycles. The summed E-state index contributed by atoms with van der Waals surface area (Å²) in [5.74, 6) is -1.07. The lowest BCUT2D eigenvalue weighted by molar-refractivity contribution is 0.313. The molecule has 0 aliphatic rings. The average molecular weight is 275 g/mol. The van der Waals surface area contributed by atoms with Crippen LogP contribution in [0.2, 0.25) is 10.0 Å². The minimum atomic E-state index is -1.07. The van der Waals surface area contributed by atoms with E-state index in [2.05, 4.69) is 4.52 Å². The molecule has 1 heterocycles. The van der Waals surface area contributed by atoms with Crippen LogP contribution in [-0.4, -0.2) is 15.7 Å². The zero-order valence-electron chi connectivity index (χ0n) is 8.09. The Bertz CT molecular complexity index is 698. The van der Waals surface area contributed by atoms with Gasteiger partial charge in [0.15, 0.2) is 0 Å². The minimum absolute atomic E-state index is 0.0716. The highest BCUT2D eigenvalue weighted by molar-refractivity contribution is 6.42. The number of hydrogen-bond donors (Lipinski definition) is 0. The van der Waals surface area contributed by atoms with Crippen molar-refractivity contribution in [3.05, 3.63) is 49.3 Å². The molecule has 0 aliphatic heterocycles. The van der Waals surface area contributed by atoms with Crippen LogP contribution in [0.1, 0.15) is 0 Å². The largest absolute Gasteiger partial charge is 0.449 e. The van der Waals surface area contributed by atoms with Gasteiger partial charge in [0.25, 0.3) is 0 Å². The van der Waals surface area contributed by atoms with Gasteiger partial charge in [-0.15, -0.1) is 4.74 Å². The van der Waals surface area contributed by atoms with Gasteiger partial charge in [0.2, 0.25) is 6.41 Å². The Kier molecular flexibility index (Phi) is 2.91.